The second-order valence-corrected chi connectivity index (χ2v) is 5.79. The van der Waals surface area contributed by atoms with E-state index in [1.54, 1.807) is 12.3 Å². The summed E-state index contributed by atoms with van der Waals surface area (Å²) in [5.74, 6) is 0.917. The van der Waals surface area contributed by atoms with Crippen molar-refractivity contribution in [2.24, 2.45) is 0 Å². The van der Waals surface area contributed by atoms with Crippen LogP contribution >= 0.6 is 0 Å². The van der Waals surface area contributed by atoms with Crippen molar-refractivity contribution in [2.75, 3.05) is 37.6 Å². The number of urea groups is 1. The van der Waals surface area contributed by atoms with Crippen LogP contribution in [0.3, 0.4) is 0 Å². The number of likely N-dealkylation sites (N-methyl/N-ethyl adjacent to an activating group) is 1. The van der Waals surface area contributed by atoms with Crippen molar-refractivity contribution in [1.82, 2.24) is 14.8 Å². The summed E-state index contributed by atoms with van der Waals surface area (Å²) < 4.78 is 0. The molecule has 0 unspecified atom stereocenters. The monoisotopic (exact) mass is 299 g/mol. The topological polar surface area (TPSA) is 63.5 Å². The summed E-state index contributed by atoms with van der Waals surface area (Å²) in [6, 6.07) is 6.33. The van der Waals surface area contributed by atoms with Crippen LogP contribution in [0.15, 0.2) is 18.3 Å². The Morgan fingerprint density at radius 2 is 2.05 bits per heavy atom. The standard InChI is InChI=1S/C16H21N5O/c1-2-19-9-10-21(16(19)22)14-5-7-20(8-6-14)15-4-3-13(11-17)12-18-15/h3-4,12,14H,2,5-10H2,1H3. The highest BCUT2D eigenvalue weighted by molar-refractivity contribution is 5.76. The van der Waals surface area contributed by atoms with E-state index in [1.165, 1.54) is 0 Å². The molecule has 0 N–H and O–H groups in total. The Morgan fingerprint density at radius 3 is 2.59 bits per heavy atom. The van der Waals surface area contributed by atoms with Gasteiger partial charge in [0.05, 0.1) is 5.56 Å². The fourth-order valence-electron chi connectivity index (χ4n) is 3.28. The predicted octanol–water partition coefficient (Wildman–Crippen LogP) is 1.68. The predicted molar refractivity (Wildman–Crippen MR) is 83.5 cm³/mol. The van der Waals surface area contributed by atoms with Crippen LogP contribution in [0.2, 0.25) is 0 Å². The summed E-state index contributed by atoms with van der Waals surface area (Å²) in [6.07, 6.45) is 3.57. The third kappa shape index (κ3) is 2.71. The van der Waals surface area contributed by atoms with Crippen LogP contribution in [0, 0.1) is 11.3 Å². The van der Waals surface area contributed by atoms with Gasteiger partial charge in [-0.15, -0.1) is 0 Å². The van der Waals surface area contributed by atoms with Crippen molar-refractivity contribution in [2.45, 2.75) is 25.8 Å². The van der Waals surface area contributed by atoms with Gasteiger partial charge in [-0.1, -0.05) is 0 Å². The second-order valence-electron chi connectivity index (χ2n) is 5.79. The number of aromatic nitrogens is 1. The minimum Gasteiger partial charge on any atom is -0.356 e. The van der Waals surface area contributed by atoms with Gasteiger partial charge in [0.1, 0.15) is 11.9 Å². The molecule has 0 aromatic carbocycles. The van der Waals surface area contributed by atoms with Gasteiger partial charge in [-0.3, -0.25) is 0 Å². The van der Waals surface area contributed by atoms with E-state index in [4.69, 9.17) is 5.26 Å². The van der Waals surface area contributed by atoms with Gasteiger partial charge in [0.15, 0.2) is 0 Å². The van der Waals surface area contributed by atoms with Gasteiger partial charge in [-0.05, 0) is 31.9 Å². The molecule has 3 rings (SSSR count). The first-order valence-electron chi connectivity index (χ1n) is 7.89. The first kappa shape index (κ1) is 14.6. The molecular formula is C16H21N5O. The Balaban J connectivity index is 1.58. The van der Waals surface area contributed by atoms with E-state index >= 15 is 0 Å². The van der Waals surface area contributed by atoms with E-state index < -0.39 is 0 Å². The lowest BCUT2D eigenvalue weighted by Gasteiger charge is -2.37. The Kier molecular flexibility index (Phi) is 4.14. The lowest BCUT2D eigenvalue weighted by atomic mass is 10.0. The van der Waals surface area contributed by atoms with Gasteiger partial charge in [0, 0.05) is 45.0 Å². The zero-order chi connectivity index (χ0) is 15.5. The number of amides is 2. The maximum absolute atomic E-state index is 12.3. The Hall–Kier alpha value is -2.29. The molecule has 1 aromatic rings. The van der Waals surface area contributed by atoms with Crippen LogP contribution in [0.1, 0.15) is 25.3 Å². The van der Waals surface area contributed by atoms with Crippen molar-refractivity contribution in [3.05, 3.63) is 23.9 Å². The van der Waals surface area contributed by atoms with Gasteiger partial charge >= 0.3 is 6.03 Å². The van der Waals surface area contributed by atoms with Crippen molar-refractivity contribution in [3.8, 4) is 6.07 Å². The normalized spacial score (nSPS) is 19.6. The number of rotatable bonds is 3. The average Bonchev–Trinajstić information content (AvgIpc) is 2.96. The number of nitriles is 1. The fraction of sp³-hybridized carbons (Fsp3) is 0.562. The molecule has 3 heterocycles. The summed E-state index contributed by atoms with van der Waals surface area (Å²) in [7, 11) is 0. The van der Waals surface area contributed by atoms with Crippen molar-refractivity contribution < 1.29 is 4.79 Å². The molecule has 22 heavy (non-hydrogen) atoms. The van der Waals surface area contributed by atoms with Crippen LogP contribution in [-0.2, 0) is 0 Å². The van der Waals surface area contributed by atoms with E-state index in [2.05, 4.69) is 16.0 Å². The molecule has 2 aliphatic rings. The minimum absolute atomic E-state index is 0.192. The third-order valence-electron chi connectivity index (χ3n) is 4.61. The SMILES string of the molecule is CCN1CCN(C2CCN(c3ccc(C#N)cn3)CC2)C1=O. The van der Waals surface area contributed by atoms with Crippen LogP contribution in [0.25, 0.3) is 0 Å². The molecule has 2 saturated heterocycles. The molecule has 1 aromatic heterocycles. The lowest BCUT2D eigenvalue weighted by molar-refractivity contribution is 0.169. The Labute approximate surface area is 130 Å². The molecule has 0 bridgehead atoms. The first-order chi connectivity index (χ1) is 10.7. The quantitative estimate of drug-likeness (QED) is 0.852. The highest BCUT2D eigenvalue weighted by atomic mass is 16.2. The van der Waals surface area contributed by atoms with Crippen LogP contribution < -0.4 is 4.90 Å². The number of hydrogen-bond acceptors (Lipinski definition) is 4. The molecule has 2 amide bonds. The fourth-order valence-corrected chi connectivity index (χ4v) is 3.28. The van der Waals surface area contributed by atoms with Gasteiger partial charge in [0.25, 0.3) is 0 Å². The summed E-state index contributed by atoms with van der Waals surface area (Å²) in [4.78, 5) is 22.8. The third-order valence-corrected chi connectivity index (χ3v) is 4.61. The highest BCUT2D eigenvalue weighted by Crippen LogP contribution is 2.24. The highest BCUT2D eigenvalue weighted by Gasteiger charge is 2.34. The van der Waals surface area contributed by atoms with Gasteiger partial charge in [0.2, 0.25) is 0 Å². The zero-order valence-corrected chi connectivity index (χ0v) is 12.9. The molecule has 2 aliphatic heterocycles. The summed E-state index contributed by atoms with van der Waals surface area (Å²) in [5, 5.41) is 8.82. The van der Waals surface area contributed by atoms with Crippen molar-refractivity contribution >= 4 is 11.8 Å². The van der Waals surface area contributed by atoms with Crippen LogP contribution in [0.4, 0.5) is 10.6 Å². The van der Waals surface area contributed by atoms with Crippen LogP contribution in [0.5, 0.6) is 0 Å². The molecule has 6 nitrogen and oxygen atoms in total. The number of nitrogens with zero attached hydrogens (tertiary/aromatic N) is 5. The zero-order valence-electron chi connectivity index (χ0n) is 12.9. The minimum atomic E-state index is 0.192. The molecule has 0 atom stereocenters. The van der Waals surface area contributed by atoms with Crippen molar-refractivity contribution in [1.29, 1.82) is 5.26 Å². The molecule has 0 aliphatic carbocycles. The second kappa shape index (κ2) is 6.22. The largest absolute Gasteiger partial charge is 0.356 e. The van der Waals surface area contributed by atoms with Gasteiger partial charge < -0.3 is 14.7 Å². The number of hydrogen-bond donors (Lipinski definition) is 0. The summed E-state index contributed by atoms with van der Waals surface area (Å²) in [5.41, 5.74) is 0.584. The van der Waals surface area contributed by atoms with E-state index in [-0.39, 0.29) is 6.03 Å². The maximum atomic E-state index is 12.3. The first-order valence-corrected chi connectivity index (χ1v) is 7.89. The number of piperidine rings is 1. The average molecular weight is 299 g/mol. The lowest BCUT2D eigenvalue weighted by Crippen LogP contribution is -2.46. The molecule has 6 heteroatoms. The molecule has 116 valence electrons. The maximum Gasteiger partial charge on any atom is 0.320 e. The van der Waals surface area contributed by atoms with Gasteiger partial charge in [-0.2, -0.15) is 5.26 Å². The van der Waals surface area contributed by atoms with E-state index in [9.17, 15) is 4.79 Å². The van der Waals surface area contributed by atoms with Gasteiger partial charge in [-0.25, -0.2) is 9.78 Å². The van der Waals surface area contributed by atoms with E-state index in [1.807, 2.05) is 22.8 Å². The molecule has 0 radical (unpaired) electrons. The summed E-state index contributed by atoms with van der Waals surface area (Å²) in [6.45, 7) is 6.34. The molecule has 0 spiro atoms. The number of carbonyl (C=O) groups is 1. The number of carbonyl (C=O) groups excluding carboxylic acids is 1. The molecular weight excluding hydrogens is 278 g/mol. The van der Waals surface area contributed by atoms with Crippen molar-refractivity contribution in [3.63, 3.8) is 0 Å². The number of anilines is 1. The van der Waals surface area contributed by atoms with E-state index in [0.717, 1.165) is 51.4 Å². The molecule has 2 fully saturated rings. The smallest absolute Gasteiger partial charge is 0.320 e. The number of pyridine rings is 1. The van der Waals surface area contributed by atoms with Crippen LogP contribution in [-0.4, -0.2) is 59.6 Å². The molecule has 0 saturated carbocycles. The summed E-state index contributed by atoms with van der Waals surface area (Å²) >= 11 is 0. The van der Waals surface area contributed by atoms with E-state index in [0.29, 0.717) is 11.6 Å². The Morgan fingerprint density at radius 1 is 1.27 bits per heavy atom. The Bertz CT molecular complexity index is 571.